The van der Waals surface area contributed by atoms with E-state index < -0.39 is 10.0 Å². The normalized spacial score (nSPS) is 11.8. The molecule has 0 aromatic carbocycles. The Morgan fingerprint density at radius 1 is 1.19 bits per heavy atom. The Balaban J connectivity index is 2.37. The summed E-state index contributed by atoms with van der Waals surface area (Å²) in [4.78, 5) is 4.09. The fourth-order valence-corrected chi connectivity index (χ4v) is 3.34. The molecule has 120 valence electrons. The van der Waals surface area contributed by atoms with E-state index in [2.05, 4.69) is 28.9 Å². The van der Waals surface area contributed by atoms with Gasteiger partial charge in [0.15, 0.2) is 0 Å². The van der Waals surface area contributed by atoms with Crippen molar-refractivity contribution in [2.75, 3.05) is 18.9 Å². The summed E-state index contributed by atoms with van der Waals surface area (Å²) in [7, 11) is -1.79. The maximum absolute atomic E-state index is 12.2. The molecule has 0 aliphatic heterocycles. The van der Waals surface area contributed by atoms with Crippen molar-refractivity contribution in [1.82, 2.24) is 9.71 Å². The number of unbranched alkanes of at least 4 members (excludes halogenated alkanes) is 3. The van der Waals surface area contributed by atoms with Gasteiger partial charge in [0.05, 0.1) is 5.69 Å². The van der Waals surface area contributed by atoms with Crippen LogP contribution in [0.5, 0.6) is 0 Å². The van der Waals surface area contributed by atoms with Crippen LogP contribution in [-0.4, -0.2) is 27.0 Å². The third-order valence-corrected chi connectivity index (χ3v) is 4.83. The molecule has 0 aliphatic rings. The molecule has 6 heteroatoms. The van der Waals surface area contributed by atoms with Gasteiger partial charge in [0.25, 0.3) is 0 Å². The van der Waals surface area contributed by atoms with E-state index in [-0.39, 0.29) is 4.90 Å². The molecule has 0 spiro atoms. The average molecular weight is 313 g/mol. The third-order valence-electron chi connectivity index (χ3n) is 3.34. The quantitative estimate of drug-likeness (QED) is 0.651. The molecule has 0 amide bonds. The average Bonchev–Trinajstić information content (AvgIpc) is 2.45. The second kappa shape index (κ2) is 9.00. The van der Waals surface area contributed by atoms with Crippen LogP contribution in [-0.2, 0) is 10.0 Å². The number of nitrogens with one attached hydrogen (secondary N) is 2. The van der Waals surface area contributed by atoms with Crippen LogP contribution < -0.4 is 10.0 Å². The molecule has 0 aliphatic carbocycles. The molecular formula is C15H27N3O2S. The van der Waals surface area contributed by atoms with Crippen LogP contribution in [0.2, 0.25) is 0 Å². The molecular weight excluding hydrogens is 286 g/mol. The van der Waals surface area contributed by atoms with Gasteiger partial charge in [-0.2, -0.15) is 0 Å². The highest BCUT2D eigenvalue weighted by molar-refractivity contribution is 7.89. The van der Waals surface area contributed by atoms with Gasteiger partial charge in [0.2, 0.25) is 10.0 Å². The Hall–Kier alpha value is -1.14. The lowest BCUT2D eigenvalue weighted by Crippen LogP contribution is -2.25. The summed E-state index contributed by atoms with van der Waals surface area (Å²) >= 11 is 0. The lowest BCUT2D eigenvalue weighted by molar-refractivity contribution is 0.517. The van der Waals surface area contributed by atoms with Crippen LogP contribution in [0.15, 0.2) is 23.4 Å². The number of hydrogen-bond donors (Lipinski definition) is 2. The maximum Gasteiger partial charge on any atom is 0.244 e. The van der Waals surface area contributed by atoms with Crippen molar-refractivity contribution >= 4 is 15.7 Å². The number of aromatic nitrogens is 1. The lowest BCUT2D eigenvalue weighted by Gasteiger charge is -2.10. The van der Waals surface area contributed by atoms with E-state index in [9.17, 15) is 8.42 Å². The van der Waals surface area contributed by atoms with E-state index in [1.165, 1.54) is 19.0 Å². The van der Waals surface area contributed by atoms with Gasteiger partial charge in [-0.25, -0.2) is 13.1 Å². The van der Waals surface area contributed by atoms with Crippen molar-refractivity contribution in [3.63, 3.8) is 0 Å². The van der Waals surface area contributed by atoms with E-state index in [0.717, 1.165) is 25.2 Å². The number of nitrogens with zero attached hydrogens (tertiary/aromatic N) is 1. The predicted molar refractivity (Wildman–Crippen MR) is 86.9 cm³/mol. The van der Waals surface area contributed by atoms with Crippen molar-refractivity contribution in [2.45, 2.75) is 50.8 Å². The summed E-state index contributed by atoms with van der Waals surface area (Å²) in [6, 6.07) is 1.65. The molecule has 5 nitrogen and oxygen atoms in total. The van der Waals surface area contributed by atoms with Gasteiger partial charge < -0.3 is 5.32 Å². The van der Waals surface area contributed by atoms with Crippen molar-refractivity contribution in [1.29, 1.82) is 0 Å². The first-order valence-electron chi connectivity index (χ1n) is 7.59. The monoisotopic (exact) mass is 313 g/mol. The number of anilines is 1. The highest BCUT2D eigenvalue weighted by Crippen LogP contribution is 2.18. The van der Waals surface area contributed by atoms with Gasteiger partial charge in [-0.15, -0.1) is 0 Å². The van der Waals surface area contributed by atoms with Crippen molar-refractivity contribution in [3.05, 3.63) is 18.5 Å². The second-order valence-electron chi connectivity index (χ2n) is 5.62. The minimum atomic E-state index is -3.48. The summed E-state index contributed by atoms with van der Waals surface area (Å²) in [6.07, 6.45) is 8.49. The predicted octanol–water partition coefficient (Wildman–Crippen LogP) is 3.01. The molecule has 0 radical (unpaired) electrons. The minimum absolute atomic E-state index is 0.201. The van der Waals surface area contributed by atoms with Crippen LogP contribution in [0.4, 0.5) is 5.69 Å². The van der Waals surface area contributed by atoms with Crippen molar-refractivity contribution in [3.8, 4) is 0 Å². The Kier molecular flexibility index (Phi) is 7.67. The first-order valence-corrected chi connectivity index (χ1v) is 9.07. The van der Waals surface area contributed by atoms with E-state index in [1.54, 1.807) is 19.3 Å². The minimum Gasteiger partial charge on any atom is -0.387 e. The van der Waals surface area contributed by atoms with Gasteiger partial charge in [-0.05, 0) is 18.4 Å². The molecule has 0 bridgehead atoms. The Morgan fingerprint density at radius 2 is 1.90 bits per heavy atom. The first-order chi connectivity index (χ1) is 9.97. The topological polar surface area (TPSA) is 71.1 Å². The zero-order chi connectivity index (χ0) is 15.7. The molecule has 0 unspecified atom stereocenters. The Morgan fingerprint density at radius 3 is 2.57 bits per heavy atom. The number of pyridine rings is 1. The molecule has 1 rings (SSSR count). The molecule has 0 saturated carbocycles. The zero-order valence-electron chi connectivity index (χ0n) is 13.2. The third kappa shape index (κ3) is 6.44. The lowest BCUT2D eigenvalue weighted by atomic mass is 10.0. The summed E-state index contributed by atoms with van der Waals surface area (Å²) in [5.41, 5.74) is 0.564. The largest absolute Gasteiger partial charge is 0.387 e. The number of hydrogen-bond acceptors (Lipinski definition) is 4. The van der Waals surface area contributed by atoms with Gasteiger partial charge in [0.1, 0.15) is 4.90 Å². The van der Waals surface area contributed by atoms with E-state index in [1.807, 2.05) is 0 Å². The summed E-state index contributed by atoms with van der Waals surface area (Å²) < 4.78 is 27.0. The fourth-order valence-electron chi connectivity index (χ4n) is 2.12. The number of rotatable bonds is 10. The molecule has 2 N–H and O–H groups in total. The highest BCUT2D eigenvalue weighted by atomic mass is 32.2. The van der Waals surface area contributed by atoms with Crippen molar-refractivity contribution < 1.29 is 8.42 Å². The Labute approximate surface area is 128 Å². The van der Waals surface area contributed by atoms with Gasteiger partial charge >= 0.3 is 0 Å². The Bertz CT molecular complexity index is 515. The summed E-state index contributed by atoms with van der Waals surface area (Å²) in [5.74, 6) is 0.744. The zero-order valence-corrected chi connectivity index (χ0v) is 14.0. The highest BCUT2D eigenvalue weighted by Gasteiger charge is 2.17. The smallest absolute Gasteiger partial charge is 0.244 e. The number of sulfonamides is 1. The second-order valence-corrected chi connectivity index (χ2v) is 7.35. The molecule has 1 aromatic heterocycles. The van der Waals surface area contributed by atoms with E-state index in [4.69, 9.17) is 0 Å². The molecule has 1 aromatic rings. The molecule has 0 fully saturated rings. The van der Waals surface area contributed by atoms with Crippen LogP contribution in [0.25, 0.3) is 0 Å². The van der Waals surface area contributed by atoms with E-state index >= 15 is 0 Å². The standard InChI is InChI=1S/C15H27N3O2S/c1-13(2)8-6-4-5-7-10-18-21(19,20)15-12-17-11-9-14(15)16-3/h9,11-13,18H,4-8,10H2,1-3H3,(H,16,17). The fraction of sp³-hybridized carbons (Fsp3) is 0.667. The van der Waals surface area contributed by atoms with Crippen LogP contribution in [0.1, 0.15) is 46.0 Å². The molecule has 21 heavy (non-hydrogen) atoms. The van der Waals surface area contributed by atoms with Crippen molar-refractivity contribution in [2.24, 2.45) is 5.92 Å². The van der Waals surface area contributed by atoms with Gasteiger partial charge in [-0.3, -0.25) is 4.98 Å². The van der Waals surface area contributed by atoms with E-state index in [0.29, 0.717) is 12.2 Å². The molecule has 1 heterocycles. The SMILES string of the molecule is CNc1ccncc1S(=O)(=O)NCCCCCCC(C)C. The summed E-state index contributed by atoms with van der Waals surface area (Å²) in [5, 5.41) is 2.87. The summed E-state index contributed by atoms with van der Waals surface area (Å²) in [6.45, 7) is 4.92. The maximum atomic E-state index is 12.2. The van der Waals surface area contributed by atoms with Gasteiger partial charge in [0, 0.05) is 26.0 Å². The molecule has 0 saturated heterocycles. The molecule has 0 atom stereocenters. The van der Waals surface area contributed by atoms with Crippen LogP contribution in [0.3, 0.4) is 0 Å². The van der Waals surface area contributed by atoms with Gasteiger partial charge in [-0.1, -0.05) is 39.5 Å². The van der Waals surface area contributed by atoms with Crippen LogP contribution >= 0.6 is 0 Å². The van der Waals surface area contributed by atoms with Crippen LogP contribution in [0, 0.1) is 5.92 Å². The first kappa shape index (κ1) is 17.9.